The molecule has 0 radical (unpaired) electrons. The second kappa shape index (κ2) is 8.90. The number of carbonyl (C=O) groups is 2. The molecule has 7 heteroatoms. The number of nitrogens with zero attached hydrogens (tertiary/aromatic N) is 1. The molecule has 0 bridgehead atoms. The van der Waals surface area contributed by atoms with Gasteiger partial charge in [0, 0.05) is 18.7 Å². The third-order valence-electron chi connectivity index (χ3n) is 5.14. The molecule has 6 nitrogen and oxygen atoms in total. The molecule has 2 aromatic carbocycles. The summed E-state index contributed by atoms with van der Waals surface area (Å²) in [6.45, 7) is 4.20. The van der Waals surface area contributed by atoms with Gasteiger partial charge in [0.1, 0.15) is 11.5 Å². The van der Waals surface area contributed by atoms with Crippen LogP contribution >= 0.6 is 11.6 Å². The van der Waals surface area contributed by atoms with E-state index < -0.39 is 17.7 Å². The minimum absolute atomic E-state index is 0.0155. The molecule has 0 saturated carbocycles. The Labute approximate surface area is 180 Å². The van der Waals surface area contributed by atoms with Crippen LogP contribution in [0.5, 0.6) is 5.75 Å². The number of aliphatic hydroxyl groups excluding tert-OH is 1. The van der Waals surface area contributed by atoms with Crippen molar-refractivity contribution in [3.63, 3.8) is 0 Å². The van der Waals surface area contributed by atoms with Gasteiger partial charge in [-0.2, -0.15) is 0 Å². The molecule has 30 heavy (non-hydrogen) atoms. The van der Waals surface area contributed by atoms with E-state index in [9.17, 15) is 14.7 Å². The molecule has 0 aliphatic carbocycles. The Bertz CT molecular complexity index is 1010. The van der Waals surface area contributed by atoms with Gasteiger partial charge in [0.2, 0.25) is 0 Å². The van der Waals surface area contributed by atoms with E-state index in [1.807, 2.05) is 19.9 Å². The second-order valence-corrected chi connectivity index (χ2v) is 7.64. The topological polar surface area (TPSA) is 76.1 Å². The number of hydrogen-bond donors (Lipinski definition) is 1. The Hall–Kier alpha value is -2.83. The number of Topliss-reactive ketones (excluding diaryl/α,β-unsaturated/α-hetero) is 1. The SMILES string of the molecule is COCCN1C(=O)C(=O)/C(=C(/O)c2cc(C)cc(C)c2OC)C1c1ccc(Cl)cc1. The molecule has 0 spiro atoms. The summed E-state index contributed by atoms with van der Waals surface area (Å²) in [7, 11) is 3.02. The summed E-state index contributed by atoms with van der Waals surface area (Å²) < 4.78 is 10.6. The molecular weight excluding hydrogens is 406 g/mol. The fraction of sp³-hybridized carbons (Fsp3) is 0.304. The summed E-state index contributed by atoms with van der Waals surface area (Å²) in [6, 6.07) is 9.75. The number of ether oxygens (including phenoxy) is 2. The van der Waals surface area contributed by atoms with Crippen molar-refractivity contribution in [2.45, 2.75) is 19.9 Å². The van der Waals surface area contributed by atoms with E-state index in [1.165, 1.54) is 19.1 Å². The van der Waals surface area contributed by atoms with Crippen LogP contribution in [0.1, 0.15) is 28.3 Å². The van der Waals surface area contributed by atoms with Crippen LogP contribution in [0.15, 0.2) is 42.0 Å². The van der Waals surface area contributed by atoms with Crippen LogP contribution in [0.25, 0.3) is 5.76 Å². The van der Waals surface area contributed by atoms with Crippen molar-refractivity contribution < 1.29 is 24.2 Å². The Balaban J connectivity index is 2.25. The molecule has 1 fully saturated rings. The fourth-order valence-electron chi connectivity index (χ4n) is 3.84. The number of aliphatic hydroxyl groups is 1. The van der Waals surface area contributed by atoms with Gasteiger partial charge in [0.15, 0.2) is 0 Å². The van der Waals surface area contributed by atoms with Crippen LogP contribution in [-0.2, 0) is 14.3 Å². The van der Waals surface area contributed by atoms with E-state index in [-0.39, 0.29) is 24.5 Å². The first-order valence-corrected chi connectivity index (χ1v) is 9.86. The van der Waals surface area contributed by atoms with E-state index in [0.717, 1.165) is 11.1 Å². The van der Waals surface area contributed by atoms with Crippen molar-refractivity contribution in [2.75, 3.05) is 27.4 Å². The van der Waals surface area contributed by atoms with Gasteiger partial charge in [0.25, 0.3) is 11.7 Å². The number of halogens is 1. The van der Waals surface area contributed by atoms with Crippen molar-refractivity contribution in [3.8, 4) is 5.75 Å². The molecule has 1 N–H and O–H groups in total. The highest BCUT2D eigenvalue weighted by molar-refractivity contribution is 6.46. The average Bonchev–Trinajstić information content (AvgIpc) is 2.96. The number of methoxy groups -OCH3 is 2. The highest BCUT2D eigenvalue weighted by Gasteiger charge is 2.46. The van der Waals surface area contributed by atoms with Crippen molar-refractivity contribution in [3.05, 3.63) is 69.2 Å². The number of rotatable bonds is 6. The van der Waals surface area contributed by atoms with E-state index in [1.54, 1.807) is 30.3 Å². The molecule has 1 heterocycles. The number of aryl methyl sites for hydroxylation is 2. The summed E-state index contributed by atoms with van der Waals surface area (Å²) in [5.41, 5.74) is 2.77. The molecule has 1 atom stereocenters. The molecule has 2 aromatic rings. The van der Waals surface area contributed by atoms with Gasteiger partial charge in [-0.25, -0.2) is 0 Å². The lowest BCUT2D eigenvalue weighted by Gasteiger charge is -2.25. The van der Waals surface area contributed by atoms with E-state index in [2.05, 4.69) is 0 Å². The monoisotopic (exact) mass is 429 g/mol. The summed E-state index contributed by atoms with van der Waals surface area (Å²) in [5.74, 6) is -1.24. The molecule has 1 amide bonds. The number of amides is 1. The molecule has 1 aliphatic rings. The Morgan fingerprint density at radius 1 is 1.13 bits per heavy atom. The summed E-state index contributed by atoms with van der Waals surface area (Å²) in [4.78, 5) is 27.2. The molecule has 1 aliphatic heterocycles. The second-order valence-electron chi connectivity index (χ2n) is 7.20. The zero-order valence-corrected chi connectivity index (χ0v) is 18.1. The number of benzene rings is 2. The zero-order chi connectivity index (χ0) is 22.0. The summed E-state index contributed by atoms with van der Waals surface area (Å²) >= 11 is 6.02. The minimum atomic E-state index is -0.761. The van der Waals surface area contributed by atoms with Gasteiger partial charge in [-0.15, -0.1) is 0 Å². The minimum Gasteiger partial charge on any atom is -0.507 e. The quantitative estimate of drug-likeness (QED) is 0.426. The largest absolute Gasteiger partial charge is 0.507 e. The smallest absolute Gasteiger partial charge is 0.295 e. The van der Waals surface area contributed by atoms with Crippen molar-refractivity contribution in [1.29, 1.82) is 0 Å². The zero-order valence-electron chi connectivity index (χ0n) is 17.4. The maximum atomic E-state index is 13.0. The molecule has 1 unspecified atom stereocenters. The number of ketones is 1. The summed E-state index contributed by atoms with van der Waals surface area (Å²) in [6.07, 6.45) is 0. The third-order valence-corrected chi connectivity index (χ3v) is 5.39. The molecule has 1 saturated heterocycles. The lowest BCUT2D eigenvalue weighted by atomic mass is 9.93. The number of hydrogen-bond acceptors (Lipinski definition) is 5. The fourth-order valence-corrected chi connectivity index (χ4v) is 3.96. The lowest BCUT2D eigenvalue weighted by Crippen LogP contribution is -2.32. The van der Waals surface area contributed by atoms with E-state index in [4.69, 9.17) is 21.1 Å². The molecule has 3 rings (SSSR count). The Morgan fingerprint density at radius 2 is 1.80 bits per heavy atom. The summed E-state index contributed by atoms with van der Waals surface area (Å²) in [5, 5.41) is 11.8. The van der Waals surface area contributed by atoms with Crippen LogP contribution < -0.4 is 4.74 Å². The van der Waals surface area contributed by atoms with Gasteiger partial charge in [-0.3, -0.25) is 9.59 Å². The van der Waals surface area contributed by atoms with Gasteiger partial charge in [-0.05, 0) is 48.7 Å². The maximum absolute atomic E-state index is 13.0. The van der Waals surface area contributed by atoms with Gasteiger partial charge < -0.3 is 19.5 Å². The maximum Gasteiger partial charge on any atom is 0.295 e. The highest BCUT2D eigenvalue weighted by Crippen LogP contribution is 2.41. The molecule has 158 valence electrons. The first kappa shape index (κ1) is 21.9. The lowest BCUT2D eigenvalue weighted by molar-refractivity contribution is -0.140. The Morgan fingerprint density at radius 3 is 2.40 bits per heavy atom. The van der Waals surface area contributed by atoms with Crippen LogP contribution in [0.4, 0.5) is 0 Å². The van der Waals surface area contributed by atoms with Crippen LogP contribution in [0.2, 0.25) is 5.02 Å². The third kappa shape index (κ3) is 3.93. The predicted octanol–water partition coefficient (Wildman–Crippen LogP) is 4.03. The number of likely N-dealkylation sites (tertiary alicyclic amines) is 1. The van der Waals surface area contributed by atoms with Crippen LogP contribution in [-0.4, -0.2) is 49.1 Å². The van der Waals surface area contributed by atoms with Crippen LogP contribution in [0, 0.1) is 13.8 Å². The number of carbonyl (C=O) groups excluding carboxylic acids is 2. The van der Waals surface area contributed by atoms with E-state index >= 15 is 0 Å². The normalized spacial score (nSPS) is 18.2. The first-order valence-electron chi connectivity index (χ1n) is 9.48. The average molecular weight is 430 g/mol. The first-order chi connectivity index (χ1) is 14.3. The van der Waals surface area contributed by atoms with E-state index in [0.29, 0.717) is 21.9 Å². The molecule has 0 aromatic heterocycles. The van der Waals surface area contributed by atoms with Crippen LogP contribution in [0.3, 0.4) is 0 Å². The van der Waals surface area contributed by atoms with Crippen molar-refractivity contribution >= 4 is 29.1 Å². The highest BCUT2D eigenvalue weighted by atomic mass is 35.5. The van der Waals surface area contributed by atoms with Gasteiger partial charge >= 0.3 is 0 Å². The van der Waals surface area contributed by atoms with Gasteiger partial charge in [0.05, 0.1) is 30.9 Å². The van der Waals surface area contributed by atoms with Crippen molar-refractivity contribution in [1.82, 2.24) is 4.90 Å². The van der Waals surface area contributed by atoms with Crippen molar-refractivity contribution in [2.24, 2.45) is 0 Å². The predicted molar refractivity (Wildman–Crippen MR) is 115 cm³/mol. The molecular formula is C23H24ClNO5. The standard InChI is InChI=1S/C23H24ClNO5/c1-13-11-14(2)22(30-4)17(12-13)20(26)18-19(15-5-7-16(24)8-6-15)25(9-10-29-3)23(28)21(18)27/h5-8,11-12,19,26H,9-10H2,1-4H3/b20-18+. The van der Waals surface area contributed by atoms with Gasteiger partial charge in [-0.1, -0.05) is 29.8 Å². The Kier molecular flexibility index (Phi) is 6.48.